The summed E-state index contributed by atoms with van der Waals surface area (Å²) in [6, 6.07) is 0.488. The molecule has 1 rings (SSSR count). The van der Waals surface area contributed by atoms with Crippen LogP contribution in [0.5, 0.6) is 0 Å². The highest BCUT2D eigenvalue weighted by Gasteiger charge is 2.30. The van der Waals surface area contributed by atoms with Crippen LogP contribution >= 0.6 is 0 Å². The predicted molar refractivity (Wildman–Crippen MR) is 71.9 cm³/mol. The number of carbonyl (C=O) groups excluding carboxylic acids is 1. The molecule has 3 heteroatoms. The molecule has 1 heterocycles. The summed E-state index contributed by atoms with van der Waals surface area (Å²) in [7, 11) is 0. The molecule has 0 aliphatic carbocycles. The summed E-state index contributed by atoms with van der Waals surface area (Å²) >= 11 is 0. The number of nitrogens with zero attached hydrogens (tertiary/aromatic N) is 1. The van der Waals surface area contributed by atoms with Crippen molar-refractivity contribution in [1.29, 1.82) is 0 Å². The molecule has 1 N–H and O–H groups in total. The first-order valence-corrected chi connectivity index (χ1v) is 7.13. The van der Waals surface area contributed by atoms with Gasteiger partial charge < -0.3 is 10.2 Å². The van der Waals surface area contributed by atoms with E-state index in [0.29, 0.717) is 17.9 Å². The Kier molecular flexibility index (Phi) is 5.96. The van der Waals surface area contributed by atoms with E-state index < -0.39 is 0 Å². The molecule has 0 aromatic rings. The summed E-state index contributed by atoms with van der Waals surface area (Å²) in [6.45, 7) is 10.6. The molecule has 100 valence electrons. The number of hydrogen-bond acceptors (Lipinski definition) is 2. The largest absolute Gasteiger partial charge is 0.338 e. The second-order valence-corrected chi connectivity index (χ2v) is 5.50. The quantitative estimate of drug-likeness (QED) is 0.773. The van der Waals surface area contributed by atoms with Gasteiger partial charge in [0.15, 0.2) is 0 Å². The maximum absolute atomic E-state index is 12.5. The third-order valence-corrected chi connectivity index (χ3v) is 3.59. The van der Waals surface area contributed by atoms with Crippen LogP contribution in [0.2, 0.25) is 0 Å². The van der Waals surface area contributed by atoms with Gasteiger partial charge in [0, 0.05) is 12.6 Å². The van der Waals surface area contributed by atoms with Crippen LogP contribution in [-0.2, 0) is 4.79 Å². The highest BCUT2D eigenvalue weighted by Crippen LogP contribution is 2.16. The van der Waals surface area contributed by atoms with Gasteiger partial charge in [-0.2, -0.15) is 0 Å². The lowest BCUT2D eigenvalue weighted by Crippen LogP contribution is -2.49. The highest BCUT2D eigenvalue weighted by molar-refractivity contribution is 5.82. The minimum absolute atomic E-state index is 0.0781. The van der Waals surface area contributed by atoms with E-state index in [1.165, 1.54) is 0 Å². The second-order valence-electron chi connectivity index (χ2n) is 5.50. The average Bonchev–Trinajstić information content (AvgIpc) is 2.81. The molecule has 17 heavy (non-hydrogen) atoms. The molecule has 1 fully saturated rings. The maximum atomic E-state index is 12.5. The van der Waals surface area contributed by atoms with Crippen LogP contribution in [0, 0.1) is 5.92 Å². The fraction of sp³-hybridized carbons (Fsp3) is 0.929. The summed E-state index contributed by atoms with van der Waals surface area (Å²) in [4.78, 5) is 14.6. The van der Waals surface area contributed by atoms with Crippen LogP contribution in [0.4, 0.5) is 0 Å². The molecule has 3 nitrogen and oxygen atoms in total. The molecule has 0 radical (unpaired) electrons. The lowest BCUT2D eigenvalue weighted by molar-refractivity contribution is -0.136. The predicted octanol–water partition coefficient (Wildman–Crippen LogP) is 2.41. The van der Waals surface area contributed by atoms with Crippen molar-refractivity contribution in [3.05, 3.63) is 0 Å². The van der Waals surface area contributed by atoms with Crippen LogP contribution in [-0.4, -0.2) is 36.0 Å². The molecular weight excluding hydrogens is 212 g/mol. The zero-order valence-electron chi connectivity index (χ0n) is 11.8. The molecule has 1 amide bonds. The van der Waals surface area contributed by atoms with E-state index in [9.17, 15) is 4.79 Å². The molecule has 0 bridgehead atoms. The Morgan fingerprint density at radius 2 is 2.00 bits per heavy atom. The van der Waals surface area contributed by atoms with Gasteiger partial charge in [-0.05, 0) is 38.1 Å². The summed E-state index contributed by atoms with van der Waals surface area (Å²) in [6.07, 6.45) is 4.26. The van der Waals surface area contributed by atoms with Gasteiger partial charge >= 0.3 is 0 Å². The SMILES string of the molecule is CCC(CC)N(CC(C)C)C(=O)[C@@H]1CCCN1. The molecule has 0 aromatic heterocycles. The Bertz CT molecular complexity index is 230. The van der Waals surface area contributed by atoms with Gasteiger partial charge in [0.2, 0.25) is 5.91 Å². The third-order valence-electron chi connectivity index (χ3n) is 3.59. The van der Waals surface area contributed by atoms with Gasteiger partial charge in [-0.15, -0.1) is 0 Å². The molecule has 1 atom stereocenters. The van der Waals surface area contributed by atoms with Gasteiger partial charge in [0.1, 0.15) is 0 Å². The first-order valence-electron chi connectivity index (χ1n) is 7.13. The molecule has 0 saturated carbocycles. The molecule has 0 spiro atoms. The Labute approximate surface area is 106 Å². The van der Waals surface area contributed by atoms with Gasteiger partial charge in [-0.1, -0.05) is 27.7 Å². The first kappa shape index (κ1) is 14.5. The summed E-state index contributed by atoms with van der Waals surface area (Å²) in [5.41, 5.74) is 0. The van der Waals surface area contributed by atoms with Crippen molar-refractivity contribution in [2.45, 2.75) is 65.5 Å². The smallest absolute Gasteiger partial charge is 0.239 e. The van der Waals surface area contributed by atoms with Crippen molar-refractivity contribution in [2.24, 2.45) is 5.92 Å². The van der Waals surface area contributed by atoms with Crippen molar-refractivity contribution in [3.63, 3.8) is 0 Å². The van der Waals surface area contributed by atoms with Crippen LogP contribution in [0.25, 0.3) is 0 Å². The lowest BCUT2D eigenvalue weighted by Gasteiger charge is -2.34. The van der Waals surface area contributed by atoms with Crippen molar-refractivity contribution in [1.82, 2.24) is 10.2 Å². The summed E-state index contributed by atoms with van der Waals surface area (Å²) in [5.74, 6) is 0.867. The van der Waals surface area contributed by atoms with Gasteiger partial charge in [0.05, 0.1) is 6.04 Å². The average molecular weight is 240 g/mol. The fourth-order valence-corrected chi connectivity index (χ4v) is 2.64. The monoisotopic (exact) mass is 240 g/mol. The number of hydrogen-bond donors (Lipinski definition) is 1. The number of rotatable bonds is 6. The number of carbonyl (C=O) groups is 1. The molecule has 1 aliphatic rings. The van der Waals surface area contributed by atoms with E-state index in [0.717, 1.165) is 38.8 Å². The summed E-state index contributed by atoms with van der Waals surface area (Å²) < 4.78 is 0. The zero-order valence-corrected chi connectivity index (χ0v) is 11.8. The van der Waals surface area contributed by atoms with Crippen molar-refractivity contribution < 1.29 is 4.79 Å². The molecule has 0 unspecified atom stereocenters. The van der Waals surface area contributed by atoms with Crippen LogP contribution < -0.4 is 5.32 Å². The van der Waals surface area contributed by atoms with E-state index >= 15 is 0 Å². The van der Waals surface area contributed by atoms with Gasteiger partial charge in [0.25, 0.3) is 0 Å². The van der Waals surface area contributed by atoms with Crippen molar-refractivity contribution in [3.8, 4) is 0 Å². The van der Waals surface area contributed by atoms with E-state index in [4.69, 9.17) is 0 Å². The molecule has 1 aliphatic heterocycles. The highest BCUT2D eigenvalue weighted by atomic mass is 16.2. The van der Waals surface area contributed by atoms with E-state index in [1.807, 2.05) is 0 Å². The van der Waals surface area contributed by atoms with E-state index in [1.54, 1.807) is 0 Å². The van der Waals surface area contributed by atoms with E-state index in [2.05, 4.69) is 37.9 Å². The molecule has 0 aromatic carbocycles. The van der Waals surface area contributed by atoms with E-state index in [-0.39, 0.29) is 6.04 Å². The lowest BCUT2D eigenvalue weighted by atomic mass is 10.1. The van der Waals surface area contributed by atoms with Crippen LogP contribution in [0.15, 0.2) is 0 Å². The normalized spacial score (nSPS) is 20.2. The van der Waals surface area contributed by atoms with Gasteiger partial charge in [-0.3, -0.25) is 4.79 Å². The second kappa shape index (κ2) is 7.00. The standard InChI is InChI=1S/C14H28N2O/c1-5-12(6-2)16(10-11(3)4)14(17)13-8-7-9-15-13/h11-13,15H,5-10H2,1-4H3/t13-/m0/s1. The maximum Gasteiger partial charge on any atom is 0.239 e. The van der Waals surface area contributed by atoms with Crippen LogP contribution in [0.1, 0.15) is 53.4 Å². The Balaban J connectivity index is 2.69. The Hall–Kier alpha value is -0.570. The van der Waals surface area contributed by atoms with Crippen molar-refractivity contribution >= 4 is 5.91 Å². The summed E-state index contributed by atoms with van der Waals surface area (Å²) in [5, 5.41) is 3.32. The van der Waals surface area contributed by atoms with Crippen molar-refractivity contribution in [2.75, 3.05) is 13.1 Å². The molecular formula is C14H28N2O. The fourth-order valence-electron chi connectivity index (χ4n) is 2.64. The van der Waals surface area contributed by atoms with Crippen LogP contribution in [0.3, 0.4) is 0 Å². The number of amides is 1. The Morgan fingerprint density at radius 3 is 2.41 bits per heavy atom. The number of nitrogens with one attached hydrogen (secondary N) is 1. The molecule has 1 saturated heterocycles. The first-order chi connectivity index (χ1) is 8.10. The zero-order chi connectivity index (χ0) is 12.8. The van der Waals surface area contributed by atoms with Gasteiger partial charge in [-0.25, -0.2) is 0 Å². The minimum atomic E-state index is 0.0781. The minimum Gasteiger partial charge on any atom is -0.338 e. The topological polar surface area (TPSA) is 32.3 Å². The third kappa shape index (κ3) is 3.98. The Morgan fingerprint density at radius 1 is 1.35 bits per heavy atom.